The molecule has 32 heavy (non-hydrogen) atoms. The van der Waals surface area contributed by atoms with Crippen molar-refractivity contribution in [3.63, 3.8) is 0 Å². The molecule has 0 unspecified atom stereocenters. The normalized spacial score (nSPS) is 10.8. The topological polar surface area (TPSA) is 42.4 Å². The molecule has 162 valence electrons. The zero-order chi connectivity index (χ0) is 22.7. The third-order valence-electron chi connectivity index (χ3n) is 5.40. The van der Waals surface area contributed by atoms with E-state index in [1.807, 2.05) is 55.6 Å². The number of aryl methyl sites for hydroxylation is 3. The maximum atomic E-state index is 13.6. The Bertz CT molecular complexity index is 1230. The summed E-state index contributed by atoms with van der Waals surface area (Å²) in [7, 11) is 1.64. The standard InChI is InChI=1S/C27H26N2O2S/c1-18-6-11-22(12-7-18)24-17-32-27(28-24)29(25-15-19(2)5-8-20(25)3)26(30)16-21-9-13-23(31-4)14-10-21/h5-15,17H,16H2,1-4H3. The van der Waals surface area contributed by atoms with Crippen molar-refractivity contribution >= 4 is 28.1 Å². The molecule has 1 amide bonds. The first-order chi connectivity index (χ1) is 15.4. The number of ether oxygens (including phenoxy) is 1. The average molecular weight is 443 g/mol. The Morgan fingerprint density at radius 3 is 2.31 bits per heavy atom. The first-order valence-corrected chi connectivity index (χ1v) is 11.4. The second-order valence-corrected chi connectivity index (χ2v) is 8.76. The lowest BCUT2D eigenvalue weighted by atomic mass is 10.1. The highest BCUT2D eigenvalue weighted by Crippen LogP contribution is 2.35. The number of aromatic nitrogens is 1. The number of benzene rings is 3. The molecule has 0 saturated heterocycles. The van der Waals surface area contributed by atoms with Gasteiger partial charge in [-0.25, -0.2) is 4.98 Å². The molecule has 0 saturated carbocycles. The molecule has 0 fully saturated rings. The first kappa shape index (κ1) is 21.8. The molecule has 5 heteroatoms. The second-order valence-electron chi connectivity index (χ2n) is 7.93. The molecule has 0 N–H and O–H groups in total. The van der Waals surface area contributed by atoms with Gasteiger partial charge in [0, 0.05) is 10.9 Å². The zero-order valence-corrected chi connectivity index (χ0v) is 19.6. The summed E-state index contributed by atoms with van der Waals surface area (Å²) < 4.78 is 5.24. The lowest BCUT2D eigenvalue weighted by Gasteiger charge is -2.22. The van der Waals surface area contributed by atoms with Crippen molar-refractivity contribution in [2.75, 3.05) is 12.0 Å². The van der Waals surface area contributed by atoms with E-state index in [1.165, 1.54) is 16.9 Å². The van der Waals surface area contributed by atoms with Gasteiger partial charge in [0.25, 0.3) is 0 Å². The molecular formula is C27H26N2O2S. The second kappa shape index (κ2) is 9.37. The van der Waals surface area contributed by atoms with Crippen LogP contribution >= 0.6 is 11.3 Å². The number of nitrogens with zero attached hydrogens (tertiary/aromatic N) is 2. The van der Waals surface area contributed by atoms with E-state index in [1.54, 1.807) is 12.0 Å². The summed E-state index contributed by atoms with van der Waals surface area (Å²) in [6.07, 6.45) is 0.275. The Hall–Kier alpha value is -3.44. The van der Waals surface area contributed by atoms with Gasteiger partial charge < -0.3 is 4.74 Å². The highest BCUT2D eigenvalue weighted by Gasteiger charge is 2.23. The van der Waals surface area contributed by atoms with Crippen molar-refractivity contribution < 1.29 is 9.53 Å². The van der Waals surface area contributed by atoms with Crippen LogP contribution < -0.4 is 9.64 Å². The van der Waals surface area contributed by atoms with Crippen molar-refractivity contribution in [3.8, 4) is 17.0 Å². The van der Waals surface area contributed by atoms with Gasteiger partial charge >= 0.3 is 0 Å². The van der Waals surface area contributed by atoms with Crippen LogP contribution in [0, 0.1) is 20.8 Å². The van der Waals surface area contributed by atoms with Crippen molar-refractivity contribution in [1.82, 2.24) is 4.98 Å². The molecule has 4 rings (SSSR count). The maximum Gasteiger partial charge on any atom is 0.237 e. The van der Waals surface area contributed by atoms with Gasteiger partial charge in [-0.2, -0.15) is 0 Å². The van der Waals surface area contributed by atoms with Gasteiger partial charge in [-0.05, 0) is 55.7 Å². The molecule has 0 bridgehead atoms. The van der Waals surface area contributed by atoms with Crippen LogP contribution in [-0.4, -0.2) is 18.0 Å². The number of methoxy groups -OCH3 is 1. The molecular weight excluding hydrogens is 416 g/mol. The van der Waals surface area contributed by atoms with Crippen molar-refractivity contribution in [2.24, 2.45) is 0 Å². The maximum absolute atomic E-state index is 13.6. The molecule has 3 aromatic carbocycles. The highest BCUT2D eigenvalue weighted by molar-refractivity contribution is 7.14. The average Bonchev–Trinajstić information content (AvgIpc) is 3.27. The van der Waals surface area contributed by atoms with Crippen LogP contribution in [0.25, 0.3) is 11.3 Å². The van der Waals surface area contributed by atoms with E-state index in [9.17, 15) is 4.79 Å². The van der Waals surface area contributed by atoms with Gasteiger partial charge in [0.05, 0.1) is 24.9 Å². The van der Waals surface area contributed by atoms with Crippen LogP contribution in [0.4, 0.5) is 10.8 Å². The fourth-order valence-corrected chi connectivity index (χ4v) is 4.39. The van der Waals surface area contributed by atoms with Gasteiger partial charge in [-0.15, -0.1) is 11.3 Å². The Kier molecular flexibility index (Phi) is 6.37. The van der Waals surface area contributed by atoms with Crippen molar-refractivity contribution in [2.45, 2.75) is 27.2 Å². The SMILES string of the molecule is COc1ccc(CC(=O)N(c2nc(-c3ccc(C)cc3)cs2)c2cc(C)ccc2C)cc1. The summed E-state index contributed by atoms with van der Waals surface area (Å²) in [6.45, 7) is 6.13. The van der Waals surface area contributed by atoms with Crippen LogP contribution in [0.5, 0.6) is 5.75 Å². The van der Waals surface area contributed by atoms with E-state index in [4.69, 9.17) is 9.72 Å². The lowest BCUT2D eigenvalue weighted by Crippen LogP contribution is -2.28. The number of rotatable bonds is 6. The van der Waals surface area contributed by atoms with Gasteiger partial charge in [0.1, 0.15) is 5.75 Å². The Balaban J connectivity index is 1.71. The highest BCUT2D eigenvalue weighted by atomic mass is 32.1. The molecule has 1 aromatic heterocycles. The van der Waals surface area contributed by atoms with E-state index in [0.717, 1.165) is 39.4 Å². The predicted octanol–water partition coefficient (Wildman–Crippen LogP) is 6.65. The largest absolute Gasteiger partial charge is 0.497 e. The van der Waals surface area contributed by atoms with Gasteiger partial charge in [-0.1, -0.05) is 54.1 Å². The van der Waals surface area contributed by atoms with E-state index >= 15 is 0 Å². The van der Waals surface area contributed by atoms with Gasteiger partial charge in [0.2, 0.25) is 5.91 Å². The number of amides is 1. The summed E-state index contributed by atoms with van der Waals surface area (Å²) in [5.74, 6) is 0.754. The van der Waals surface area contributed by atoms with Crippen LogP contribution in [0.1, 0.15) is 22.3 Å². The van der Waals surface area contributed by atoms with Crippen LogP contribution in [0.3, 0.4) is 0 Å². The molecule has 0 aliphatic rings. The van der Waals surface area contributed by atoms with Crippen LogP contribution in [-0.2, 0) is 11.2 Å². The van der Waals surface area contributed by atoms with Crippen LogP contribution in [0.15, 0.2) is 72.1 Å². The summed E-state index contributed by atoms with van der Waals surface area (Å²) in [4.78, 5) is 20.2. The minimum absolute atomic E-state index is 0.0197. The van der Waals surface area contributed by atoms with E-state index in [2.05, 4.69) is 37.3 Å². The minimum atomic E-state index is -0.0197. The van der Waals surface area contributed by atoms with E-state index < -0.39 is 0 Å². The monoisotopic (exact) mass is 442 g/mol. The first-order valence-electron chi connectivity index (χ1n) is 10.5. The minimum Gasteiger partial charge on any atom is -0.497 e. The molecule has 0 atom stereocenters. The molecule has 4 aromatic rings. The molecule has 1 heterocycles. The van der Waals surface area contributed by atoms with Crippen molar-refractivity contribution in [3.05, 3.63) is 94.4 Å². The van der Waals surface area contributed by atoms with Gasteiger partial charge in [-0.3, -0.25) is 9.69 Å². The summed E-state index contributed by atoms with van der Waals surface area (Å²) in [5, 5.41) is 2.69. The van der Waals surface area contributed by atoms with Crippen molar-refractivity contribution in [1.29, 1.82) is 0 Å². The number of hydrogen-bond donors (Lipinski definition) is 0. The Labute approximate surface area is 193 Å². The fourth-order valence-electron chi connectivity index (χ4n) is 3.53. The summed E-state index contributed by atoms with van der Waals surface area (Å²) in [6, 6.07) is 22.1. The Morgan fingerprint density at radius 1 is 0.938 bits per heavy atom. The number of carbonyl (C=O) groups is 1. The zero-order valence-electron chi connectivity index (χ0n) is 18.8. The number of thiazole rings is 1. The van der Waals surface area contributed by atoms with E-state index in [-0.39, 0.29) is 12.3 Å². The summed E-state index contributed by atoms with van der Waals surface area (Å²) in [5.41, 5.74) is 7.05. The van der Waals surface area contributed by atoms with Gasteiger partial charge in [0.15, 0.2) is 5.13 Å². The fraction of sp³-hybridized carbons (Fsp3) is 0.185. The van der Waals surface area contributed by atoms with E-state index in [0.29, 0.717) is 5.13 Å². The lowest BCUT2D eigenvalue weighted by molar-refractivity contribution is -0.117. The molecule has 4 nitrogen and oxygen atoms in total. The third-order valence-corrected chi connectivity index (χ3v) is 6.23. The Morgan fingerprint density at radius 2 is 1.62 bits per heavy atom. The number of carbonyl (C=O) groups excluding carboxylic acids is 1. The molecule has 0 aliphatic heterocycles. The summed E-state index contributed by atoms with van der Waals surface area (Å²) >= 11 is 1.49. The number of anilines is 2. The van der Waals surface area contributed by atoms with Crippen LogP contribution in [0.2, 0.25) is 0 Å². The predicted molar refractivity (Wildman–Crippen MR) is 132 cm³/mol. The molecule has 0 spiro atoms. The molecule has 0 radical (unpaired) electrons. The quantitative estimate of drug-likeness (QED) is 0.336. The number of hydrogen-bond acceptors (Lipinski definition) is 4. The molecule has 0 aliphatic carbocycles. The third kappa shape index (κ3) is 4.73. The smallest absolute Gasteiger partial charge is 0.237 e.